The number of hydrogen-bond donors (Lipinski definition) is 2. The Kier molecular flexibility index (Phi) is 11.3. The normalized spacial score (nSPS) is 10.7. The van der Waals surface area contributed by atoms with Crippen LogP contribution < -0.4 is 29.6 Å². The van der Waals surface area contributed by atoms with Crippen LogP contribution in [0, 0.1) is 5.41 Å². The molecule has 0 heterocycles. The predicted molar refractivity (Wildman–Crippen MR) is 62.5 cm³/mol. The zero-order valence-electron chi connectivity index (χ0n) is 12.2. The summed E-state index contributed by atoms with van der Waals surface area (Å²) in [5.41, 5.74) is -1.06. The van der Waals surface area contributed by atoms with Gasteiger partial charge in [0.2, 0.25) is 0 Å². The van der Waals surface area contributed by atoms with Crippen LogP contribution in [0.25, 0.3) is 0 Å². The molecule has 17 heavy (non-hydrogen) atoms. The van der Waals surface area contributed by atoms with Crippen molar-refractivity contribution in [3.05, 3.63) is 0 Å². The van der Waals surface area contributed by atoms with Gasteiger partial charge in [-0.05, 0) is 12.8 Å². The third-order valence-electron chi connectivity index (χ3n) is 2.96. The first-order valence-electron chi connectivity index (χ1n) is 5.93. The maximum atomic E-state index is 11.3. The molecule has 5 heteroatoms. The molecule has 0 spiro atoms. The number of aliphatic carboxylic acids is 2. The number of rotatable bonds is 9. The van der Waals surface area contributed by atoms with Gasteiger partial charge in [0.25, 0.3) is 0 Å². The molecule has 0 aromatic carbocycles. The van der Waals surface area contributed by atoms with Gasteiger partial charge >= 0.3 is 41.5 Å². The molecule has 0 rings (SSSR count). The summed E-state index contributed by atoms with van der Waals surface area (Å²) in [4.78, 5) is 22.1. The zero-order chi connectivity index (χ0) is 12.6. The third-order valence-corrected chi connectivity index (χ3v) is 2.96. The molecule has 0 saturated carbocycles. The first-order chi connectivity index (χ1) is 7.48. The van der Waals surface area contributed by atoms with E-state index in [9.17, 15) is 14.7 Å². The molecule has 2 N–H and O–H groups in total. The molecule has 0 fully saturated rings. The second-order valence-electron chi connectivity index (χ2n) is 4.36. The van der Waals surface area contributed by atoms with Crippen molar-refractivity contribution in [2.75, 3.05) is 0 Å². The quantitative estimate of drug-likeness (QED) is 0.569. The summed E-state index contributed by atoms with van der Waals surface area (Å²) in [6.07, 6.45) is 3.98. The van der Waals surface area contributed by atoms with Crippen molar-refractivity contribution in [3.63, 3.8) is 0 Å². The van der Waals surface area contributed by atoms with E-state index in [1.807, 2.05) is 13.8 Å². The van der Waals surface area contributed by atoms with Crippen LogP contribution in [0.2, 0.25) is 0 Å². The van der Waals surface area contributed by atoms with Gasteiger partial charge in [-0.2, -0.15) is 0 Å². The van der Waals surface area contributed by atoms with Crippen LogP contribution >= 0.6 is 0 Å². The third kappa shape index (κ3) is 7.06. The van der Waals surface area contributed by atoms with Gasteiger partial charge in [0, 0.05) is 0 Å². The number of unbranched alkanes of at least 4 members (excludes halogenated alkanes) is 2. The van der Waals surface area contributed by atoms with Gasteiger partial charge in [-0.1, -0.05) is 39.5 Å². The fourth-order valence-corrected chi connectivity index (χ4v) is 1.91. The minimum absolute atomic E-state index is 0. The van der Waals surface area contributed by atoms with E-state index in [2.05, 4.69) is 0 Å². The predicted octanol–water partition coefficient (Wildman–Crippen LogP) is 0.0290. The van der Waals surface area contributed by atoms with Crippen LogP contribution in [-0.2, 0) is 9.59 Å². The van der Waals surface area contributed by atoms with Crippen LogP contribution in [0.5, 0.6) is 0 Å². The van der Waals surface area contributed by atoms with E-state index >= 15 is 0 Å². The summed E-state index contributed by atoms with van der Waals surface area (Å²) >= 11 is 0. The molecule has 96 valence electrons. The van der Waals surface area contributed by atoms with Gasteiger partial charge in [0.1, 0.15) is 0 Å². The van der Waals surface area contributed by atoms with Crippen molar-refractivity contribution in [1.29, 1.82) is 0 Å². The maximum Gasteiger partial charge on any atom is 1.00 e. The molecule has 0 unspecified atom stereocenters. The SMILES string of the molecule is CCCCC(CCCC)(CC(=O)O)C(=O)O.[H-].[Na+]. The second kappa shape index (κ2) is 9.92. The minimum Gasteiger partial charge on any atom is -1.00 e. The summed E-state index contributed by atoms with van der Waals surface area (Å²) in [6.45, 7) is 3.96. The fourth-order valence-electron chi connectivity index (χ4n) is 1.91. The van der Waals surface area contributed by atoms with Crippen LogP contribution in [0.1, 0.15) is 60.2 Å². The molecule has 0 atom stereocenters. The van der Waals surface area contributed by atoms with Crippen molar-refractivity contribution in [3.8, 4) is 0 Å². The van der Waals surface area contributed by atoms with Crippen LogP contribution in [0.15, 0.2) is 0 Å². The van der Waals surface area contributed by atoms with Crippen LogP contribution in [-0.4, -0.2) is 22.2 Å². The Labute approximate surface area is 127 Å². The molecule has 0 aliphatic heterocycles. The Morgan fingerprint density at radius 2 is 1.47 bits per heavy atom. The summed E-state index contributed by atoms with van der Waals surface area (Å²) in [6, 6.07) is 0. The van der Waals surface area contributed by atoms with E-state index in [1.54, 1.807) is 0 Å². The molecule has 4 nitrogen and oxygen atoms in total. The first-order valence-corrected chi connectivity index (χ1v) is 5.93. The summed E-state index contributed by atoms with van der Waals surface area (Å²) < 4.78 is 0. The standard InChI is InChI=1S/C12H22O4.Na.H/c1-3-5-7-12(11(15)16,8-6-4-2)9-10(13)14;;/h3-9H2,1-2H3,(H,13,14)(H,15,16);;/q;+1;-1. The van der Waals surface area contributed by atoms with Gasteiger partial charge in [0.05, 0.1) is 11.8 Å². The fraction of sp³-hybridized carbons (Fsp3) is 0.833. The number of carboxylic acid groups (broad SMARTS) is 2. The average molecular weight is 254 g/mol. The molecule has 0 aromatic heterocycles. The number of carbonyl (C=O) groups is 2. The Balaban J connectivity index is -0.00000112. The molecule has 0 amide bonds. The zero-order valence-corrected chi connectivity index (χ0v) is 13.2. The Hall–Kier alpha value is -0.0600. The number of carboxylic acids is 2. The van der Waals surface area contributed by atoms with E-state index in [1.165, 1.54) is 0 Å². The van der Waals surface area contributed by atoms with E-state index < -0.39 is 17.4 Å². The Morgan fingerprint density at radius 1 is 1.06 bits per heavy atom. The topological polar surface area (TPSA) is 74.6 Å². The van der Waals surface area contributed by atoms with Crippen LogP contribution in [0.3, 0.4) is 0 Å². The molecular formula is C12H23NaO4. The van der Waals surface area contributed by atoms with E-state index in [-0.39, 0.29) is 37.4 Å². The molecule has 0 aliphatic rings. The van der Waals surface area contributed by atoms with Crippen molar-refractivity contribution in [2.45, 2.75) is 58.8 Å². The smallest absolute Gasteiger partial charge is 1.00 e. The van der Waals surface area contributed by atoms with Gasteiger partial charge in [-0.15, -0.1) is 0 Å². The number of hydrogen-bond acceptors (Lipinski definition) is 2. The first kappa shape index (κ1) is 19.3. The Morgan fingerprint density at radius 3 is 1.71 bits per heavy atom. The largest absolute Gasteiger partial charge is 1.00 e. The second-order valence-corrected chi connectivity index (χ2v) is 4.36. The van der Waals surface area contributed by atoms with Crippen molar-refractivity contribution in [1.82, 2.24) is 0 Å². The summed E-state index contributed by atoms with van der Waals surface area (Å²) in [5.74, 6) is -1.98. The van der Waals surface area contributed by atoms with Gasteiger partial charge < -0.3 is 11.6 Å². The summed E-state index contributed by atoms with van der Waals surface area (Å²) in [5, 5.41) is 18.1. The minimum atomic E-state index is -1.06. The average Bonchev–Trinajstić information content (AvgIpc) is 2.21. The van der Waals surface area contributed by atoms with E-state index in [4.69, 9.17) is 5.11 Å². The monoisotopic (exact) mass is 254 g/mol. The Bertz CT molecular complexity index is 238. The molecule has 0 radical (unpaired) electrons. The molecule has 0 saturated heterocycles. The van der Waals surface area contributed by atoms with Crippen molar-refractivity contribution < 1.29 is 50.8 Å². The van der Waals surface area contributed by atoms with Gasteiger partial charge in [-0.25, -0.2) is 0 Å². The van der Waals surface area contributed by atoms with E-state index in [0.29, 0.717) is 12.8 Å². The van der Waals surface area contributed by atoms with Crippen molar-refractivity contribution in [2.24, 2.45) is 5.41 Å². The van der Waals surface area contributed by atoms with Crippen LogP contribution in [0.4, 0.5) is 0 Å². The maximum absolute atomic E-state index is 11.3. The van der Waals surface area contributed by atoms with E-state index in [0.717, 1.165) is 25.7 Å². The molecule has 0 aromatic rings. The molecular weight excluding hydrogens is 231 g/mol. The molecule has 0 bridgehead atoms. The molecule has 0 aliphatic carbocycles. The van der Waals surface area contributed by atoms with Gasteiger partial charge in [-0.3, -0.25) is 9.59 Å². The van der Waals surface area contributed by atoms with Gasteiger partial charge in [0.15, 0.2) is 0 Å². The van der Waals surface area contributed by atoms with Crippen molar-refractivity contribution >= 4 is 11.9 Å². The summed E-state index contributed by atoms with van der Waals surface area (Å²) in [7, 11) is 0.